The van der Waals surface area contributed by atoms with Crippen molar-refractivity contribution in [2.45, 2.75) is 30.5 Å². The second-order valence-corrected chi connectivity index (χ2v) is 8.91. The molecule has 2 amide bonds. The molecule has 8 nitrogen and oxygen atoms in total. The average molecular weight is 449 g/mol. The number of ether oxygens (including phenoxy) is 1. The molecule has 166 valence electrons. The second-order valence-electron chi connectivity index (χ2n) is 7.15. The van der Waals surface area contributed by atoms with Crippen LogP contribution in [0.15, 0.2) is 29.2 Å². The van der Waals surface area contributed by atoms with Crippen molar-refractivity contribution in [1.82, 2.24) is 14.5 Å². The lowest BCUT2D eigenvalue weighted by Crippen LogP contribution is -2.51. The molecular weight excluding hydrogens is 427 g/mol. The molecular formula is C18H22F3N3O5S. The van der Waals surface area contributed by atoms with Gasteiger partial charge in [-0.2, -0.15) is 0 Å². The van der Waals surface area contributed by atoms with E-state index >= 15 is 0 Å². The highest BCUT2D eigenvalue weighted by molar-refractivity contribution is 7.89. The molecule has 12 heteroatoms. The Morgan fingerprint density at radius 3 is 2.13 bits per heavy atom. The van der Waals surface area contributed by atoms with Gasteiger partial charge in [-0.25, -0.2) is 13.1 Å². The van der Waals surface area contributed by atoms with E-state index in [1.807, 2.05) is 0 Å². The largest absolute Gasteiger partial charge is 0.573 e. The molecule has 1 aliphatic heterocycles. The summed E-state index contributed by atoms with van der Waals surface area (Å²) in [6, 6.07) is 3.77. The van der Waals surface area contributed by atoms with Crippen LogP contribution in [0.25, 0.3) is 0 Å². The van der Waals surface area contributed by atoms with Gasteiger partial charge in [0.25, 0.3) is 0 Å². The van der Waals surface area contributed by atoms with Gasteiger partial charge < -0.3 is 14.5 Å². The lowest BCUT2D eigenvalue weighted by atomic mass is 10.2. The van der Waals surface area contributed by atoms with Gasteiger partial charge in [0.1, 0.15) is 5.75 Å². The predicted octanol–water partition coefficient (Wildman–Crippen LogP) is 1.33. The van der Waals surface area contributed by atoms with Gasteiger partial charge in [-0.05, 0) is 37.1 Å². The topological polar surface area (TPSA) is 96.0 Å². The molecule has 0 aromatic heterocycles. The molecule has 1 aromatic carbocycles. The van der Waals surface area contributed by atoms with Crippen LogP contribution in [0, 0.1) is 5.92 Å². The maximum atomic E-state index is 12.3. The van der Waals surface area contributed by atoms with Crippen LogP contribution < -0.4 is 9.46 Å². The molecule has 2 fully saturated rings. The fraction of sp³-hybridized carbons (Fsp3) is 0.556. The molecule has 0 unspecified atom stereocenters. The molecule has 1 saturated carbocycles. The average Bonchev–Trinajstić information content (AvgIpc) is 3.52. The van der Waals surface area contributed by atoms with Crippen LogP contribution in [-0.4, -0.2) is 69.1 Å². The van der Waals surface area contributed by atoms with Crippen LogP contribution in [0.2, 0.25) is 0 Å². The van der Waals surface area contributed by atoms with Crippen LogP contribution >= 0.6 is 0 Å². The number of hydrogen-bond donors (Lipinski definition) is 1. The highest BCUT2D eigenvalue weighted by Gasteiger charge is 2.35. The molecule has 3 rings (SSSR count). The van der Waals surface area contributed by atoms with E-state index in [-0.39, 0.29) is 35.6 Å². The van der Waals surface area contributed by atoms with E-state index in [1.54, 1.807) is 9.80 Å². The molecule has 30 heavy (non-hydrogen) atoms. The lowest BCUT2D eigenvalue weighted by molar-refractivity contribution is -0.274. The number of amides is 2. The molecule has 0 atom stereocenters. The van der Waals surface area contributed by atoms with Crippen LogP contribution in [0.1, 0.15) is 19.3 Å². The first-order chi connectivity index (χ1) is 14.0. The van der Waals surface area contributed by atoms with Crippen molar-refractivity contribution in [3.05, 3.63) is 24.3 Å². The third-order valence-corrected chi connectivity index (χ3v) is 6.35. The van der Waals surface area contributed by atoms with Gasteiger partial charge in [0.15, 0.2) is 0 Å². The van der Waals surface area contributed by atoms with E-state index in [9.17, 15) is 31.2 Å². The Kier molecular flexibility index (Phi) is 6.56. The molecule has 0 spiro atoms. The van der Waals surface area contributed by atoms with Crippen LogP contribution in [-0.2, 0) is 19.6 Å². The fourth-order valence-corrected chi connectivity index (χ4v) is 4.15. The summed E-state index contributed by atoms with van der Waals surface area (Å²) < 4.78 is 66.9. The Labute approximate surface area is 172 Å². The minimum atomic E-state index is -4.87. The summed E-state index contributed by atoms with van der Waals surface area (Å²) in [5, 5.41) is 0. The Hall–Kier alpha value is -2.34. The maximum absolute atomic E-state index is 12.3. The highest BCUT2D eigenvalue weighted by atomic mass is 32.2. The maximum Gasteiger partial charge on any atom is 0.573 e. The first-order valence-corrected chi connectivity index (χ1v) is 11.0. The van der Waals surface area contributed by atoms with Gasteiger partial charge in [0.2, 0.25) is 21.8 Å². The summed E-state index contributed by atoms with van der Waals surface area (Å²) in [6.45, 7) is 1.61. The zero-order valence-electron chi connectivity index (χ0n) is 16.0. The number of halogens is 3. The van der Waals surface area contributed by atoms with Crippen molar-refractivity contribution in [3.8, 4) is 5.75 Å². The number of sulfonamides is 1. The zero-order chi connectivity index (χ0) is 21.9. The number of carbonyl (C=O) groups is 2. The van der Waals surface area contributed by atoms with E-state index in [2.05, 4.69) is 9.46 Å². The van der Waals surface area contributed by atoms with Gasteiger partial charge in [-0.3, -0.25) is 9.59 Å². The SMILES string of the molecule is O=C(CCNS(=O)(=O)c1ccc(OC(F)(F)F)cc1)N1CCN(C(=O)C2CC2)CC1. The van der Waals surface area contributed by atoms with Gasteiger partial charge in [0, 0.05) is 45.1 Å². The van der Waals surface area contributed by atoms with Crippen molar-refractivity contribution < 1.29 is 35.9 Å². The number of alkyl halides is 3. The number of rotatable bonds is 7. The number of benzene rings is 1. The van der Waals surface area contributed by atoms with E-state index in [1.165, 1.54) is 0 Å². The van der Waals surface area contributed by atoms with E-state index < -0.39 is 22.1 Å². The fourth-order valence-electron chi connectivity index (χ4n) is 3.12. The van der Waals surface area contributed by atoms with Crippen LogP contribution in [0.5, 0.6) is 5.75 Å². The summed E-state index contributed by atoms with van der Waals surface area (Å²) in [5.74, 6) is -0.488. The Morgan fingerprint density at radius 2 is 1.60 bits per heavy atom. The first-order valence-electron chi connectivity index (χ1n) is 9.47. The molecule has 1 N–H and O–H groups in total. The number of carbonyl (C=O) groups excluding carboxylic acids is 2. The molecule has 1 saturated heterocycles. The summed E-state index contributed by atoms with van der Waals surface area (Å²) >= 11 is 0. The summed E-state index contributed by atoms with van der Waals surface area (Å²) in [6.07, 6.45) is -3.08. The van der Waals surface area contributed by atoms with Crippen molar-refractivity contribution >= 4 is 21.8 Å². The van der Waals surface area contributed by atoms with Crippen molar-refractivity contribution in [1.29, 1.82) is 0 Å². The molecule has 1 aromatic rings. The number of hydrogen-bond acceptors (Lipinski definition) is 5. The van der Waals surface area contributed by atoms with E-state index in [0.29, 0.717) is 26.2 Å². The minimum absolute atomic E-state index is 0.0644. The van der Waals surface area contributed by atoms with Gasteiger partial charge in [-0.15, -0.1) is 13.2 Å². The Bertz CT molecular complexity index is 877. The summed E-state index contributed by atoms with van der Waals surface area (Å²) in [4.78, 5) is 27.4. The number of nitrogens with one attached hydrogen (secondary N) is 1. The first kappa shape index (κ1) is 22.3. The quantitative estimate of drug-likeness (QED) is 0.678. The second kappa shape index (κ2) is 8.80. The smallest absolute Gasteiger partial charge is 0.406 e. The van der Waals surface area contributed by atoms with E-state index in [4.69, 9.17) is 0 Å². The van der Waals surface area contributed by atoms with Crippen LogP contribution in [0.3, 0.4) is 0 Å². The molecule has 0 bridgehead atoms. The summed E-state index contributed by atoms with van der Waals surface area (Å²) in [7, 11) is -3.98. The van der Waals surface area contributed by atoms with Crippen molar-refractivity contribution in [2.24, 2.45) is 5.92 Å². The molecule has 1 heterocycles. The van der Waals surface area contributed by atoms with Gasteiger partial charge in [-0.1, -0.05) is 0 Å². The molecule has 2 aliphatic rings. The number of piperazine rings is 1. The Balaban J connectivity index is 1.43. The van der Waals surface area contributed by atoms with Crippen molar-refractivity contribution in [2.75, 3.05) is 32.7 Å². The standard InChI is InChI=1S/C18H22F3N3O5S/c19-18(20,21)29-14-3-5-15(6-4-14)30(27,28)22-8-7-16(25)23-9-11-24(12-10-23)17(26)13-1-2-13/h3-6,13,22H,1-2,7-12H2. The minimum Gasteiger partial charge on any atom is -0.406 e. The molecule has 1 aliphatic carbocycles. The van der Waals surface area contributed by atoms with Crippen LogP contribution in [0.4, 0.5) is 13.2 Å². The van der Waals surface area contributed by atoms with Gasteiger partial charge >= 0.3 is 6.36 Å². The monoisotopic (exact) mass is 449 g/mol. The lowest BCUT2D eigenvalue weighted by Gasteiger charge is -2.35. The van der Waals surface area contributed by atoms with Crippen molar-refractivity contribution in [3.63, 3.8) is 0 Å². The summed E-state index contributed by atoms with van der Waals surface area (Å²) in [5.41, 5.74) is 0. The Morgan fingerprint density at radius 1 is 1.03 bits per heavy atom. The highest BCUT2D eigenvalue weighted by Crippen LogP contribution is 2.31. The predicted molar refractivity (Wildman–Crippen MR) is 98.8 cm³/mol. The molecule has 0 radical (unpaired) electrons. The third kappa shape index (κ3) is 6.08. The van der Waals surface area contributed by atoms with E-state index in [0.717, 1.165) is 37.1 Å². The zero-order valence-corrected chi connectivity index (χ0v) is 16.8. The van der Waals surface area contributed by atoms with Gasteiger partial charge in [0.05, 0.1) is 4.90 Å². The number of nitrogens with zero attached hydrogens (tertiary/aromatic N) is 2. The third-order valence-electron chi connectivity index (χ3n) is 4.87. The normalized spacial score (nSPS) is 17.7.